The molecule has 3 aromatic heterocycles. The van der Waals surface area contributed by atoms with E-state index in [1.54, 1.807) is 21.6 Å². The van der Waals surface area contributed by atoms with Gasteiger partial charge in [-0.15, -0.1) is 11.3 Å². The summed E-state index contributed by atoms with van der Waals surface area (Å²) in [5, 5.41) is 20.9. The number of nitrogens with zero attached hydrogens (tertiary/aromatic N) is 4. The van der Waals surface area contributed by atoms with Crippen LogP contribution in [0.2, 0.25) is 0 Å². The highest BCUT2D eigenvalue weighted by Gasteiger charge is 2.26. The lowest BCUT2D eigenvalue weighted by Gasteiger charge is -2.31. The van der Waals surface area contributed by atoms with Gasteiger partial charge in [-0.2, -0.15) is 9.83 Å². The number of aromatic nitrogens is 4. The van der Waals surface area contributed by atoms with Crippen LogP contribution in [0, 0.1) is 11.1 Å². The molecule has 1 aliphatic heterocycles. The molecule has 0 atom stereocenters. The van der Waals surface area contributed by atoms with Crippen LogP contribution in [0.15, 0.2) is 46.8 Å². The van der Waals surface area contributed by atoms with Gasteiger partial charge in [-0.3, -0.25) is 4.79 Å². The maximum Gasteiger partial charge on any atom is 0.348 e. The van der Waals surface area contributed by atoms with E-state index >= 15 is 0 Å². The molecule has 4 heterocycles. The SMILES string of the molecule is O=C(c1ccc[n+]([O-])c1)N1CCC(Cc2n[nH]c(=O)n2-c2cccs2)CC1. The van der Waals surface area contributed by atoms with Gasteiger partial charge in [0.05, 0.1) is 0 Å². The van der Waals surface area contributed by atoms with Crippen molar-refractivity contribution in [1.82, 2.24) is 19.7 Å². The van der Waals surface area contributed by atoms with E-state index in [1.807, 2.05) is 17.5 Å². The number of aromatic amines is 1. The molecule has 0 bridgehead atoms. The number of nitrogens with one attached hydrogen (secondary N) is 1. The Hall–Kier alpha value is -2.94. The number of hydrogen-bond acceptors (Lipinski definition) is 5. The van der Waals surface area contributed by atoms with Gasteiger partial charge in [-0.1, -0.05) is 0 Å². The summed E-state index contributed by atoms with van der Waals surface area (Å²) < 4.78 is 2.26. The molecular formula is C18H19N5O3S. The summed E-state index contributed by atoms with van der Waals surface area (Å²) in [4.78, 5) is 26.4. The zero-order valence-electron chi connectivity index (χ0n) is 14.6. The predicted octanol–water partition coefficient (Wildman–Crippen LogP) is 1.35. The van der Waals surface area contributed by atoms with E-state index < -0.39 is 0 Å². The van der Waals surface area contributed by atoms with Crippen molar-refractivity contribution in [2.45, 2.75) is 19.3 Å². The van der Waals surface area contributed by atoms with Crippen molar-refractivity contribution in [3.8, 4) is 5.00 Å². The molecule has 0 unspecified atom stereocenters. The molecule has 140 valence electrons. The summed E-state index contributed by atoms with van der Waals surface area (Å²) in [6, 6.07) is 7.04. The number of carbonyl (C=O) groups excluding carboxylic acids is 1. The second-order valence-electron chi connectivity index (χ2n) is 6.62. The average molecular weight is 385 g/mol. The van der Waals surface area contributed by atoms with E-state index in [-0.39, 0.29) is 11.6 Å². The lowest BCUT2D eigenvalue weighted by molar-refractivity contribution is -0.605. The number of amides is 1. The molecule has 0 aromatic carbocycles. The van der Waals surface area contributed by atoms with Crippen LogP contribution in [0.4, 0.5) is 0 Å². The fourth-order valence-corrected chi connectivity index (χ4v) is 4.20. The second-order valence-corrected chi connectivity index (χ2v) is 7.55. The van der Waals surface area contributed by atoms with Crippen molar-refractivity contribution >= 4 is 17.2 Å². The van der Waals surface area contributed by atoms with Crippen LogP contribution in [-0.2, 0) is 6.42 Å². The van der Waals surface area contributed by atoms with Crippen molar-refractivity contribution in [2.24, 2.45) is 5.92 Å². The van der Waals surface area contributed by atoms with E-state index in [4.69, 9.17) is 0 Å². The normalized spacial score (nSPS) is 15.2. The van der Waals surface area contributed by atoms with E-state index in [1.165, 1.54) is 23.7 Å². The second kappa shape index (κ2) is 7.36. The van der Waals surface area contributed by atoms with Crippen LogP contribution in [0.5, 0.6) is 0 Å². The van der Waals surface area contributed by atoms with Crippen LogP contribution in [0.1, 0.15) is 29.0 Å². The largest absolute Gasteiger partial charge is 0.619 e. The van der Waals surface area contributed by atoms with Crippen LogP contribution in [-0.4, -0.2) is 38.7 Å². The van der Waals surface area contributed by atoms with Crippen LogP contribution in [0.25, 0.3) is 5.00 Å². The molecule has 4 rings (SSSR count). The number of likely N-dealkylation sites (tertiary alicyclic amines) is 1. The highest BCUT2D eigenvalue weighted by atomic mass is 32.1. The molecule has 0 saturated carbocycles. The van der Waals surface area contributed by atoms with E-state index in [9.17, 15) is 14.8 Å². The molecule has 8 nitrogen and oxygen atoms in total. The molecule has 0 aliphatic carbocycles. The lowest BCUT2D eigenvalue weighted by atomic mass is 9.93. The molecule has 9 heteroatoms. The maximum absolute atomic E-state index is 12.5. The van der Waals surface area contributed by atoms with Crippen LogP contribution >= 0.6 is 11.3 Å². The molecule has 1 N–H and O–H groups in total. The quantitative estimate of drug-likeness (QED) is 0.541. The smallest absolute Gasteiger partial charge is 0.348 e. The number of pyridine rings is 1. The van der Waals surface area contributed by atoms with Crippen LogP contribution in [0.3, 0.4) is 0 Å². The first-order valence-electron chi connectivity index (χ1n) is 8.80. The molecule has 27 heavy (non-hydrogen) atoms. The van der Waals surface area contributed by atoms with E-state index in [0.717, 1.165) is 23.7 Å². The van der Waals surface area contributed by atoms with Gasteiger partial charge in [0.2, 0.25) is 0 Å². The first-order valence-corrected chi connectivity index (χ1v) is 9.68. The molecule has 1 fully saturated rings. The van der Waals surface area contributed by atoms with Gasteiger partial charge in [-0.25, -0.2) is 14.5 Å². The van der Waals surface area contributed by atoms with Gasteiger partial charge >= 0.3 is 5.69 Å². The first kappa shape index (κ1) is 17.5. The molecular weight excluding hydrogens is 366 g/mol. The Labute approximate surface area is 159 Å². The van der Waals surface area contributed by atoms with Gasteiger partial charge in [0.25, 0.3) is 5.91 Å². The molecule has 1 saturated heterocycles. The molecule has 3 aromatic rings. The monoisotopic (exact) mass is 385 g/mol. The zero-order valence-corrected chi connectivity index (χ0v) is 15.4. The number of piperidine rings is 1. The van der Waals surface area contributed by atoms with Gasteiger partial charge in [0, 0.05) is 25.6 Å². The fourth-order valence-electron chi connectivity index (χ4n) is 3.45. The zero-order chi connectivity index (χ0) is 18.8. The number of H-pyrrole nitrogens is 1. The third-order valence-electron chi connectivity index (χ3n) is 4.86. The van der Waals surface area contributed by atoms with Gasteiger partial charge in [0.1, 0.15) is 16.4 Å². The minimum atomic E-state index is -0.227. The minimum absolute atomic E-state index is 0.117. The van der Waals surface area contributed by atoms with Gasteiger partial charge < -0.3 is 10.1 Å². The fraction of sp³-hybridized carbons (Fsp3) is 0.333. The number of carbonyl (C=O) groups is 1. The first-order chi connectivity index (χ1) is 13.1. The Morgan fingerprint density at radius 3 is 2.85 bits per heavy atom. The Morgan fingerprint density at radius 1 is 1.33 bits per heavy atom. The topological polar surface area (TPSA) is 97.9 Å². The Balaban J connectivity index is 1.41. The number of thiophene rings is 1. The van der Waals surface area contributed by atoms with E-state index in [0.29, 0.717) is 35.7 Å². The van der Waals surface area contributed by atoms with Crippen molar-refractivity contribution in [1.29, 1.82) is 0 Å². The van der Waals surface area contributed by atoms with E-state index in [2.05, 4.69) is 10.2 Å². The summed E-state index contributed by atoms with van der Waals surface area (Å²) in [6.45, 7) is 1.26. The number of rotatable bonds is 4. The van der Waals surface area contributed by atoms with Crippen molar-refractivity contribution < 1.29 is 9.52 Å². The molecule has 0 spiro atoms. The summed E-state index contributed by atoms with van der Waals surface area (Å²) in [5.41, 5.74) is 0.180. The standard InChI is InChI=1S/C18H19N5O3S/c24-17(14-3-1-7-22(26)12-14)21-8-5-13(6-9-21)11-15-19-20-18(25)23(15)16-4-2-10-27-16/h1-4,7,10,12-13H,5-6,8-9,11H2,(H,20,25). The average Bonchev–Trinajstić information content (AvgIpc) is 3.31. The summed E-state index contributed by atoms with van der Waals surface area (Å²) in [6.07, 6.45) is 5.02. The lowest BCUT2D eigenvalue weighted by Crippen LogP contribution is -2.40. The van der Waals surface area contributed by atoms with Crippen molar-refractivity contribution in [3.63, 3.8) is 0 Å². The van der Waals surface area contributed by atoms with Crippen molar-refractivity contribution in [2.75, 3.05) is 13.1 Å². The van der Waals surface area contributed by atoms with Crippen LogP contribution < -0.4 is 10.4 Å². The highest BCUT2D eigenvalue weighted by molar-refractivity contribution is 7.12. The Kier molecular flexibility index (Phi) is 4.76. The molecule has 0 radical (unpaired) electrons. The summed E-state index contributed by atoms with van der Waals surface area (Å²) in [7, 11) is 0. The third-order valence-corrected chi connectivity index (χ3v) is 5.72. The Bertz CT molecular complexity index is 987. The number of hydrogen-bond donors (Lipinski definition) is 1. The summed E-state index contributed by atoms with van der Waals surface area (Å²) >= 11 is 1.50. The highest BCUT2D eigenvalue weighted by Crippen LogP contribution is 2.23. The Morgan fingerprint density at radius 2 is 2.15 bits per heavy atom. The molecule has 1 aliphatic rings. The minimum Gasteiger partial charge on any atom is -0.619 e. The predicted molar refractivity (Wildman–Crippen MR) is 99.8 cm³/mol. The summed E-state index contributed by atoms with van der Waals surface area (Å²) in [5.74, 6) is 0.958. The molecule has 1 amide bonds. The maximum atomic E-state index is 12.5. The van der Waals surface area contributed by atoms with Gasteiger partial charge in [-0.05, 0) is 42.3 Å². The van der Waals surface area contributed by atoms with Gasteiger partial charge in [0.15, 0.2) is 12.4 Å². The van der Waals surface area contributed by atoms with Crippen molar-refractivity contribution in [3.05, 3.63) is 69.1 Å². The third kappa shape index (κ3) is 3.63.